The van der Waals surface area contributed by atoms with E-state index in [1.165, 1.54) is 0 Å². The van der Waals surface area contributed by atoms with Gasteiger partial charge in [0, 0.05) is 12.6 Å². The third-order valence-corrected chi connectivity index (χ3v) is 2.12. The van der Waals surface area contributed by atoms with E-state index in [2.05, 4.69) is 4.98 Å². The second kappa shape index (κ2) is 3.74. The van der Waals surface area contributed by atoms with Crippen LogP contribution in [0.5, 0.6) is 5.88 Å². The molecule has 4 heteroatoms. The Bertz CT molecular complexity index is 289. The van der Waals surface area contributed by atoms with E-state index in [0.29, 0.717) is 17.4 Å². The third kappa shape index (κ3) is 1.68. The molecule has 1 aromatic rings. The Kier molecular flexibility index (Phi) is 2.89. The zero-order valence-electron chi connectivity index (χ0n) is 7.10. The van der Waals surface area contributed by atoms with Crippen molar-refractivity contribution in [2.24, 2.45) is 5.73 Å². The van der Waals surface area contributed by atoms with Gasteiger partial charge in [-0.25, -0.2) is 4.98 Å². The van der Waals surface area contributed by atoms with Gasteiger partial charge < -0.3 is 10.5 Å². The van der Waals surface area contributed by atoms with Crippen LogP contribution in [0, 0.1) is 6.92 Å². The minimum Gasteiger partial charge on any atom is -0.481 e. The summed E-state index contributed by atoms with van der Waals surface area (Å²) >= 11 is 5.92. The number of hydrogen-bond donors (Lipinski definition) is 1. The van der Waals surface area contributed by atoms with Gasteiger partial charge in [-0.05, 0) is 12.5 Å². The molecular formula is C8H11ClN2O. The molecule has 1 rings (SSSR count). The molecule has 0 saturated carbocycles. The molecule has 0 aromatic carbocycles. The highest BCUT2D eigenvalue weighted by molar-refractivity contribution is 6.31. The number of aromatic nitrogens is 1. The molecule has 66 valence electrons. The van der Waals surface area contributed by atoms with Gasteiger partial charge in [-0.1, -0.05) is 11.6 Å². The van der Waals surface area contributed by atoms with Gasteiger partial charge in [-0.15, -0.1) is 0 Å². The summed E-state index contributed by atoms with van der Waals surface area (Å²) in [6, 6.07) is 1.75. The zero-order chi connectivity index (χ0) is 9.14. The van der Waals surface area contributed by atoms with Crippen LogP contribution in [0.15, 0.2) is 6.07 Å². The zero-order valence-corrected chi connectivity index (χ0v) is 7.85. The molecule has 3 nitrogen and oxygen atoms in total. The average molecular weight is 187 g/mol. The minimum absolute atomic E-state index is 0.401. The van der Waals surface area contributed by atoms with Crippen molar-refractivity contribution in [3.63, 3.8) is 0 Å². The highest BCUT2D eigenvalue weighted by atomic mass is 35.5. The van der Waals surface area contributed by atoms with Crippen LogP contribution in [0.3, 0.4) is 0 Å². The number of aryl methyl sites for hydroxylation is 1. The SMILES string of the molecule is COc1cc(CN)c(Cl)c(C)n1. The maximum Gasteiger partial charge on any atom is 0.213 e. The molecule has 0 aliphatic carbocycles. The van der Waals surface area contributed by atoms with Crippen LogP contribution in [-0.4, -0.2) is 12.1 Å². The summed E-state index contributed by atoms with van der Waals surface area (Å²) < 4.78 is 4.97. The second-order valence-electron chi connectivity index (χ2n) is 2.43. The molecular weight excluding hydrogens is 176 g/mol. The average Bonchev–Trinajstić information content (AvgIpc) is 2.09. The second-order valence-corrected chi connectivity index (χ2v) is 2.81. The number of nitrogens with zero attached hydrogens (tertiary/aromatic N) is 1. The van der Waals surface area contributed by atoms with Gasteiger partial charge in [-0.2, -0.15) is 0 Å². The van der Waals surface area contributed by atoms with Gasteiger partial charge in [0.2, 0.25) is 5.88 Å². The molecule has 0 spiro atoms. The van der Waals surface area contributed by atoms with E-state index in [1.807, 2.05) is 6.92 Å². The van der Waals surface area contributed by atoms with Crippen LogP contribution in [0.4, 0.5) is 0 Å². The molecule has 0 amide bonds. The molecule has 0 fully saturated rings. The maximum atomic E-state index is 5.92. The number of rotatable bonds is 2. The molecule has 0 aliphatic heterocycles. The van der Waals surface area contributed by atoms with E-state index < -0.39 is 0 Å². The topological polar surface area (TPSA) is 48.1 Å². The first-order valence-corrected chi connectivity index (χ1v) is 3.97. The van der Waals surface area contributed by atoms with Crippen LogP contribution in [0.1, 0.15) is 11.3 Å². The predicted molar refractivity (Wildman–Crippen MR) is 48.4 cm³/mol. The molecule has 0 aliphatic rings. The molecule has 1 aromatic heterocycles. The summed E-state index contributed by atoms with van der Waals surface area (Å²) in [5.41, 5.74) is 7.08. The Balaban J connectivity index is 3.19. The Morgan fingerprint density at radius 3 is 2.83 bits per heavy atom. The molecule has 1 heterocycles. The Morgan fingerprint density at radius 1 is 1.67 bits per heavy atom. The lowest BCUT2D eigenvalue weighted by molar-refractivity contribution is 0.396. The molecule has 12 heavy (non-hydrogen) atoms. The number of halogens is 1. The van der Waals surface area contributed by atoms with Crippen molar-refractivity contribution < 1.29 is 4.74 Å². The summed E-state index contributed by atoms with van der Waals surface area (Å²) in [6.07, 6.45) is 0. The molecule has 0 atom stereocenters. The minimum atomic E-state index is 0.401. The van der Waals surface area contributed by atoms with E-state index in [1.54, 1.807) is 13.2 Å². The lowest BCUT2D eigenvalue weighted by atomic mass is 10.2. The molecule has 0 saturated heterocycles. The molecule has 0 radical (unpaired) electrons. The lowest BCUT2D eigenvalue weighted by Crippen LogP contribution is -2.01. The van der Waals surface area contributed by atoms with E-state index in [0.717, 1.165) is 11.3 Å². The van der Waals surface area contributed by atoms with E-state index in [4.69, 9.17) is 22.1 Å². The third-order valence-electron chi connectivity index (χ3n) is 1.60. The van der Waals surface area contributed by atoms with Crippen molar-refractivity contribution in [3.05, 3.63) is 22.3 Å². The summed E-state index contributed by atoms with van der Waals surface area (Å²) in [4.78, 5) is 4.09. The number of ether oxygens (including phenoxy) is 1. The van der Waals surface area contributed by atoms with Crippen molar-refractivity contribution in [2.75, 3.05) is 7.11 Å². The first-order chi connectivity index (χ1) is 5.69. The Hall–Kier alpha value is -0.800. The molecule has 2 N–H and O–H groups in total. The lowest BCUT2D eigenvalue weighted by Gasteiger charge is -2.06. The monoisotopic (exact) mass is 186 g/mol. The van der Waals surface area contributed by atoms with Gasteiger partial charge in [0.25, 0.3) is 0 Å². The largest absolute Gasteiger partial charge is 0.481 e. The highest BCUT2D eigenvalue weighted by Gasteiger charge is 2.05. The van der Waals surface area contributed by atoms with Crippen LogP contribution < -0.4 is 10.5 Å². The first-order valence-electron chi connectivity index (χ1n) is 3.59. The Labute approximate surface area is 76.5 Å². The summed E-state index contributed by atoms with van der Waals surface area (Å²) in [5.74, 6) is 0.553. The summed E-state index contributed by atoms with van der Waals surface area (Å²) in [7, 11) is 1.57. The first kappa shape index (κ1) is 9.29. The van der Waals surface area contributed by atoms with Gasteiger partial charge in [0.05, 0.1) is 17.8 Å². The van der Waals surface area contributed by atoms with Crippen molar-refractivity contribution >= 4 is 11.6 Å². The summed E-state index contributed by atoms with van der Waals surface area (Å²) in [6.45, 7) is 2.22. The quantitative estimate of drug-likeness (QED) is 0.762. The predicted octanol–water partition coefficient (Wildman–Crippen LogP) is 1.51. The number of pyridine rings is 1. The number of nitrogens with two attached hydrogens (primary N) is 1. The van der Waals surface area contributed by atoms with Crippen LogP contribution in [0.25, 0.3) is 0 Å². The van der Waals surface area contributed by atoms with Crippen LogP contribution in [0.2, 0.25) is 5.02 Å². The van der Waals surface area contributed by atoms with Crippen LogP contribution in [-0.2, 0) is 6.54 Å². The number of hydrogen-bond acceptors (Lipinski definition) is 3. The van der Waals surface area contributed by atoms with Crippen molar-refractivity contribution in [3.8, 4) is 5.88 Å². The van der Waals surface area contributed by atoms with E-state index in [9.17, 15) is 0 Å². The van der Waals surface area contributed by atoms with Crippen molar-refractivity contribution in [1.29, 1.82) is 0 Å². The van der Waals surface area contributed by atoms with Crippen LogP contribution >= 0.6 is 11.6 Å². The standard InChI is InChI=1S/C8H11ClN2O/c1-5-8(9)6(4-10)3-7(11-5)12-2/h3H,4,10H2,1-2H3. The van der Waals surface area contributed by atoms with E-state index >= 15 is 0 Å². The maximum absolute atomic E-state index is 5.92. The van der Waals surface area contributed by atoms with Gasteiger partial charge in [-0.3, -0.25) is 0 Å². The summed E-state index contributed by atoms with van der Waals surface area (Å²) in [5, 5.41) is 0.623. The van der Waals surface area contributed by atoms with Crippen molar-refractivity contribution in [1.82, 2.24) is 4.98 Å². The fourth-order valence-electron chi connectivity index (χ4n) is 0.945. The molecule has 0 unspecified atom stereocenters. The highest BCUT2D eigenvalue weighted by Crippen LogP contribution is 2.22. The fourth-order valence-corrected chi connectivity index (χ4v) is 1.12. The van der Waals surface area contributed by atoms with Gasteiger partial charge in [0.15, 0.2) is 0 Å². The van der Waals surface area contributed by atoms with Gasteiger partial charge >= 0.3 is 0 Å². The van der Waals surface area contributed by atoms with Crippen molar-refractivity contribution in [2.45, 2.75) is 13.5 Å². The van der Waals surface area contributed by atoms with Gasteiger partial charge in [0.1, 0.15) is 0 Å². The molecule has 0 bridgehead atoms. The normalized spacial score (nSPS) is 10.0. The Morgan fingerprint density at radius 2 is 2.33 bits per heavy atom. The smallest absolute Gasteiger partial charge is 0.213 e. The number of methoxy groups -OCH3 is 1. The fraction of sp³-hybridized carbons (Fsp3) is 0.375. The van der Waals surface area contributed by atoms with E-state index in [-0.39, 0.29) is 0 Å².